The third kappa shape index (κ3) is 3.85. The summed E-state index contributed by atoms with van der Waals surface area (Å²) in [6.07, 6.45) is -0.146. The molecule has 1 aliphatic rings. The van der Waals surface area contributed by atoms with Gasteiger partial charge in [-0.2, -0.15) is 0 Å². The lowest BCUT2D eigenvalue weighted by Crippen LogP contribution is -2.40. The summed E-state index contributed by atoms with van der Waals surface area (Å²) in [6, 6.07) is 10.4. The molecule has 2 aromatic rings. The Labute approximate surface area is 138 Å². The van der Waals surface area contributed by atoms with Crippen LogP contribution >= 0.6 is 11.3 Å². The lowest BCUT2D eigenvalue weighted by molar-refractivity contribution is -0.0855. The molecule has 3 rings (SSSR count). The van der Waals surface area contributed by atoms with E-state index in [0.717, 1.165) is 0 Å². The summed E-state index contributed by atoms with van der Waals surface area (Å²) in [5.41, 5.74) is 0.788. The van der Waals surface area contributed by atoms with E-state index in [1.165, 1.54) is 11.3 Å². The van der Waals surface area contributed by atoms with Crippen LogP contribution in [0.2, 0.25) is 0 Å². The van der Waals surface area contributed by atoms with E-state index in [4.69, 9.17) is 9.47 Å². The van der Waals surface area contributed by atoms with Crippen LogP contribution in [0.1, 0.15) is 25.6 Å². The minimum atomic E-state index is -0.278. The maximum atomic E-state index is 12.5. The standard InChI is InChI=1S/C17H17NO4S/c19-16(15-6-3-9-23-15)13-4-1-2-5-14(13)17(20)18-10-12-11-21-7-8-22-12/h1-6,9,12H,7-8,10-11H2,(H,18,20)/t12-/m1/s1. The van der Waals surface area contributed by atoms with Crippen molar-refractivity contribution in [2.24, 2.45) is 0 Å². The van der Waals surface area contributed by atoms with Gasteiger partial charge in [-0.1, -0.05) is 24.3 Å². The van der Waals surface area contributed by atoms with Crippen molar-refractivity contribution in [2.75, 3.05) is 26.4 Å². The Morgan fingerprint density at radius 1 is 1.13 bits per heavy atom. The molecule has 0 radical (unpaired) electrons. The number of carbonyl (C=O) groups is 2. The predicted octanol–water partition coefficient (Wildman–Crippen LogP) is 2.12. The van der Waals surface area contributed by atoms with Crippen LogP contribution in [0.5, 0.6) is 0 Å². The summed E-state index contributed by atoms with van der Waals surface area (Å²) in [5, 5.41) is 4.66. The molecule has 1 fully saturated rings. The number of amides is 1. The molecule has 2 heterocycles. The van der Waals surface area contributed by atoms with E-state index in [-0.39, 0.29) is 17.8 Å². The number of rotatable bonds is 5. The number of carbonyl (C=O) groups excluding carboxylic acids is 2. The van der Waals surface area contributed by atoms with Crippen LogP contribution in [0.25, 0.3) is 0 Å². The summed E-state index contributed by atoms with van der Waals surface area (Å²) in [5.74, 6) is -0.414. The van der Waals surface area contributed by atoms with Gasteiger partial charge >= 0.3 is 0 Å². The summed E-state index contributed by atoms with van der Waals surface area (Å²) in [4.78, 5) is 25.6. The van der Waals surface area contributed by atoms with E-state index >= 15 is 0 Å². The molecule has 0 bridgehead atoms. The third-order valence-corrected chi connectivity index (χ3v) is 4.41. The first kappa shape index (κ1) is 15.9. The molecule has 0 spiro atoms. The molecule has 1 saturated heterocycles. The van der Waals surface area contributed by atoms with E-state index in [2.05, 4.69) is 5.32 Å². The van der Waals surface area contributed by atoms with Gasteiger partial charge in [0.05, 0.1) is 36.4 Å². The van der Waals surface area contributed by atoms with Crippen molar-refractivity contribution in [3.63, 3.8) is 0 Å². The van der Waals surface area contributed by atoms with Gasteiger partial charge in [0.2, 0.25) is 5.78 Å². The number of hydrogen-bond acceptors (Lipinski definition) is 5. The first-order valence-electron chi connectivity index (χ1n) is 7.40. The minimum absolute atomic E-state index is 0.136. The number of hydrogen-bond donors (Lipinski definition) is 1. The zero-order valence-corrected chi connectivity index (χ0v) is 13.3. The van der Waals surface area contributed by atoms with Crippen molar-refractivity contribution in [3.8, 4) is 0 Å². The first-order valence-corrected chi connectivity index (χ1v) is 8.28. The van der Waals surface area contributed by atoms with Crippen LogP contribution in [0, 0.1) is 0 Å². The summed E-state index contributed by atoms with van der Waals surface area (Å²) in [7, 11) is 0. The number of thiophene rings is 1. The molecule has 120 valence electrons. The molecule has 0 saturated carbocycles. The highest BCUT2D eigenvalue weighted by atomic mass is 32.1. The predicted molar refractivity (Wildman–Crippen MR) is 87.1 cm³/mol. The normalized spacial score (nSPS) is 17.7. The molecule has 5 nitrogen and oxygen atoms in total. The lowest BCUT2D eigenvalue weighted by Gasteiger charge is -2.23. The van der Waals surface area contributed by atoms with Gasteiger partial charge in [-0.25, -0.2) is 0 Å². The molecular formula is C17H17NO4S. The number of ether oxygens (including phenoxy) is 2. The van der Waals surface area contributed by atoms with Gasteiger partial charge in [0.1, 0.15) is 0 Å². The zero-order valence-electron chi connectivity index (χ0n) is 12.5. The SMILES string of the molecule is O=C(NC[C@@H]1COCCO1)c1ccccc1C(=O)c1cccs1. The van der Waals surface area contributed by atoms with E-state index in [9.17, 15) is 9.59 Å². The molecule has 0 aliphatic carbocycles. The average Bonchev–Trinajstić information content (AvgIpc) is 3.14. The van der Waals surface area contributed by atoms with Crippen LogP contribution in [-0.4, -0.2) is 44.2 Å². The maximum Gasteiger partial charge on any atom is 0.252 e. The third-order valence-electron chi connectivity index (χ3n) is 3.54. The molecule has 1 N–H and O–H groups in total. The Morgan fingerprint density at radius 2 is 1.96 bits per heavy atom. The van der Waals surface area contributed by atoms with Crippen LogP contribution in [-0.2, 0) is 9.47 Å². The average molecular weight is 331 g/mol. The zero-order chi connectivity index (χ0) is 16.1. The Kier molecular flexibility index (Phi) is 5.17. The van der Waals surface area contributed by atoms with Crippen LogP contribution < -0.4 is 5.32 Å². The van der Waals surface area contributed by atoms with Gasteiger partial charge < -0.3 is 14.8 Å². The largest absolute Gasteiger partial charge is 0.376 e. The molecule has 6 heteroatoms. The number of ketones is 1. The van der Waals surface area contributed by atoms with Crippen molar-refractivity contribution in [2.45, 2.75) is 6.10 Å². The minimum Gasteiger partial charge on any atom is -0.376 e. The van der Waals surface area contributed by atoms with Crippen molar-refractivity contribution < 1.29 is 19.1 Å². The first-order chi connectivity index (χ1) is 11.3. The number of nitrogens with one attached hydrogen (secondary N) is 1. The second-order valence-electron chi connectivity index (χ2n) is 5.13. The Balaban J connectivity index is 1.71. The molecule has 1 aliphatic heterocycles. The lowest BCUT2D eigenvalue weighted by atomic mass is 10.0. The molecule has 23 heavy (non-hydrogen) atoms. The fourth-order valence-electron chi connectivity index (χ4n) is 2.38. The Morgan fingerprint density at radius 3 is 2.65 bits per heavy atom. The van der Waals surface area contributed by atoms with Crippen LogP contribution in [0.4, 0.5) is 0 Å². The van der Waals surface area contributed by atoms with E-state index in [0.29, 0.717) is 42.4 Å². The molecule has 0 unspecified atom stereocenters. The molecule has 1 aromatic carbocycles. The second-order valence-corrected chi connectivity index (χ2v) is 6.08. The smallest absolute Gasteiger partial charge is 0.252 e. The highest BCUT2D eigenvalue weighted by Gasteiger charge is 2.20. The van der Waals surface area contributed by atoms with Crippen LogP contribution in [0.3, 0.4) is 0 Å². The quantitative estimate of drug-likeness (QED) is 0.853. The van der Waals surface area contributed by atoms with Crippen molar-refractivity contribution in [1.82, 2.24) is 5.32 Å². The fourth-order valence-corrected chi connectivity index (χ4v) is 3.05. The van der Waals surface area contributed by atoms with Gasteiger partial charge in [0.25, 0.3) is 5.91 Å². The number of benzene rings is 1. The van der Waals surface area contributed by atoms with Gasteiger partial charge in [0, 0.05) is 12.1 Å². The topological polar surface area (TPSA) is 64.6 Å². The van der Waals surface area contributed by atoms with E-state index in [1.807, 2.05) is 11.4 Å². The van der Waals surface area contributed by atoms with Gasteiger partial charge in [-0.3, -0.25) is 9.59 Å². The molecule has 1 amide bonds. The van der Waals surface area contributed by atoms with Crippen molar-refractivity contribution in [1.29, 1.82) is 0 Å². The van der Waals surface area contributed by atoms with Gasteiger partial charge in [0.15, 0.2) is 0 Å². The monoisotopic (exact) mass is 331 g/mol. The van der Waals surface area contributed by atoms with Gasteiger partial charge in [-0.15, -0.1) is 11.3 Å². The maximum absolute atomic E-state index is 12.5. The molecule has 1 aromatic heterocycles. The van der Waals surface area contributed by atoms with Crippen LogP contribution in [0.15, 0.2) is 41.8 Å². The Hall–Kier alpha value is -2.02. The summed E-state index contributed by atoms with van der Waals surface area (Å²) in [6.45, 7) is 1.95. The van der Waals surface area contributed by atoms with E-state index in [1.54, 1.807) is 30.3 Å². The molecule has 1 atom stereocenters. The highest BCUT2D eigenvalue weighted by molar-refractivity contribution is 7.12. The fraction of sp³-hybridized carbons (Fsp3) is 0.294. The van der Waals surface area contributed by atoms with Gasteiger partial charge in [-0.05, 0) is 17.5 Å². The highest BCUT2D eigenvalue weighted by Crippen LogP contribution is 2.18. The molecular weight excluding hydrogens is 314 g/mol. The summed E-state index contributed by atoms with van der Waals surface area (Å²) < 4.78 is 10.8. The Bertz CT molecular complexity index is 678. The van der Waals surface area contributed by atoms with E-state index < -0.39 is 0 Å². The van der Waals surface area contributed by atoms with Crippen molar-refractivity contribution in [3.05, 3.63) is 57.8 Å². The van der Waals surface area contributed by atoms with Crippen molar-refractivity contribution >= 4 is 23.0 Å². The second kappa shape index (κ2) is 7.50. The summed E-state index contributed by atoms with van der Waals surface area (Å²) >= 11 is 1.36.